The molecule has 0 saturated carbocycles. The first kappa shape index (κ1) is 26.8. The fraction of sp³-hybridized carbons (Fsp3) is 0.538. The van der Waals surface area contributed by atoms with E-state index in [1.54, 1.807) is 0 Å². The van der Waals surface area contributed by atoms with Gasteiger partial charge in [0.25, 0.3) is 0 Å². The average molecular weight is 460 g/mol. The van der Waals surface area contributed by atoms with Gasteiger partial charge in [-0.3, -0.25) is 4.79 Å². The van der Waals surface area contributed by atoms with Crippen LogP contribution in [0.25, 0.3) is 0 Å². The molecule has 1 N–H and O–H groups in total. The van der Waals surface area contributed by atoms with Gasteiger partial charge in [0.05, 0.1) is 6.61 Å². The predicted molar refractivity (Wildman–Crippen MR) is 78.2 cm³/mol. The Morgan fingerprint density at radius 2 is 1.62 bits per heavy atom. The van der Waals surface area contributed by atoms with Crippen LogP contribution in [0.4, 0.5) is 30.7 Å². The van der Waals surface area contributed by atoms with Gasteiger partial charge in [0.2, 0.25) is 0 Å². The first-order valence-corrected chi connectivity index (χ1v) is 8.40. The summed E-state index contributed by atoms with van der Waals surface area (Å²) in [7, 11) is -6.91. The second-order valence-electron chi connectivity index (χ2n) is 5.24. The van der Waals surface area contributed by atoms with Crippen LogP contribution in [0, 0.1) is 0 Å². The highest BCUT2D eigenvalue weighted by Gasteiger charge is 2.67. The first-order valence-electron chi connectivity index (χ1n) is 6.99. The minimum absolute atomic E-state index is 0.369. The van der Waals surface area contributed by atoms with Crippen molar-refractivity contribution in [2.24, 2.45) is 0 Å². The summed E-state index contributed by atoms with van der Waals surface area (Å²) >= 11 is 0. The van der Waals surface area contributed by atoms with E-state index in [-0.39, 0.29) is 0 Å². The molecular weight excluding hydrogens is 447 g/mol. The van der Waals surface area contributed by atoms with E-state index in [2.05, 4.69) is 22.6 Å². The monoisotopic (exact) mass is 460 g/mol. The van der Waals surface area contributed by atoms with Crippen molar-refractivity contribution in [3.63, 3.8) is 0 Å². The van der Waals surface area contributed by atoms with E-state index in [1.165, 1.54) is 5.32 Å². The van der Waals surface area contributed by atoms with Crippen LogP contribution in [-0.2, 0) is 29.2 Å². The molecule has 0 saturated heterocycles. The van der Waals surface area contributed by atoms with Crippen molar-refractivity contribution in [3.8, 4) is 0 Å². The number of rotatable bonds is 10. The molecular formula is C13H13F7NO7S-. The van der Waals surface area contributed by atoms with Gasteiger partial charge in [0, 0.05) is 12.0 Å². The molecule has 29 heavy (non-hydrogen) atoms. The molecule has 0 aromatic heterocycles. The molecule has 0 aromatic carbocycles. The van der Waals surface area contributed by atoms with Gasteiger partial charge in [-0.1, -0.05) is 13.2 Å². The topological polar surface area (TPSA) is 122 Å². The van der Waals surface area contributed by atoms with Crippen LogP contribution in [0.15, 0.2) is 24.9 Å². The van der Waals surface area contributed by atoms with Gasteiger partial charge in [-0.25, -0.2) is 13.2 Å². The summed E-state index contributed by atoms with van der Waals surface area (Å²) in [6.07, 6.45) is -8.05. The molecule has 16 heteroatoms. The van der Waals surface area contributed by atoms with Crippen LogP contribution in [0.3, 0.4) is 0 Å². The van der Waals surface area contributed by atoms with Crippen LogP contribution in [-0.4, -0.2) is 54.6 Å². The summed E-state index contributed by atoms with van der Waals surface area (Å²) in [6, 6.07) is 0. The lowest BCUT2D eigenvalue weighted by Gasteiger charge is -2.34. The number of alkyl halides is 7. The molecule has 0 rings (SSSR count). The quantitative estimate of drug-likeness (QED) is 0.173. The summed E-state index contributed by atoms with van der Waals surface area (Å²) in [4.78, 5) is 23.2. The maximum absolute atomic E-state index is 13.4. The smallest absolute Gasteiger partial charge is 0.466 e. The molecule has 0 spiro atoms. The van der Waals surface area contributed by atoms with Crippen molar-refractivity contribution in [2.45, 2.75) is 36.5 Å². The number of hydrogen-bond acceptors (Lipinski definition) is 7. The molecule has 1 amide bonds. The number of nitrogens with one attached hydrogen (secondary N) is 1. The van der Waals surface area contributed by atoms with E-state index < -0.39 is 63.7 Å². The van der Waals surface area contributed by atoms with Gasteiger partial charge in [0.15, 0.2) is 10.1 Å². The Balaban J connectivity index is 5.96. The van der Waals surface area contributed by atoms with E-state index in [0.717, 1.165) is 6.92 Å². The summed E-state index contributed by atoms with van der Waals surface area (Å²) in [5.74, 6) is -14.5. The van der Waals surface area contributed by atoms with Crippen molar-refractivity contribution in [1.82, 2.24) is 5.32 Å². The summed E-state index contributed by atoms with van der Waals surface area (Å²) < 4.78 is 132. The Hall–Kier alpha value is -2.20. The lowest BCUT2D eigenvalue weighted by atomic mass is 10.2. The van der Waals surface area contributed by atoms with Crippen LogP contribution in [0.2, 0.25) is 0 Å². The summed E-state index contributed by atoms with van der Waals surface area (Å²) in [5, 5.41) is -4.88. The third-order valence-electron chi connectivity index (χ3n) is 2.95. The van der Waals surface area contributed by atoms with Crippen LogP contribution in [0.5, 0.6) is 0 Å². The molecule has 1 unspecified atom stereocenters. The van der Waals surface area contributed by atoms with Crippen molar-refractivity contribution in [1.29, 1.82) is 0 Å². The molecule has 0 aliphatic rings. The summed E-state index contributed by atoms with van der Waals surface area (Å²) in [5.41, 5.74) is -0.692. The van der Waals surface area contributed by atoms with Crippen molar-refractivity contribution in [3.05, 3.63) is 24.9 Å². The summed E-state index contributed by atoms with van der Waals surface area (Å²) in [6.45, 7) is 4.54. The van der Waals surface area contributed by atoms with Crippen LogP contribution in [0.1, 0.15) is 13.3 Å². The maximum atomic E-state index is 13.4. The SMILES string of the molecule is C=CNC(=O)C(OCCC(F)(F)C(F)(F)S(=O)(=O)[O-])(OC(=O)C(=C)C)C(F)(F)F. The van der Waals surface area contributed by atoms with Gasteiger partial charge in [0.1, 0.15) is 0 Å². The molecule has 0 fully saturated rings. The van der Waals surface area contributed by atoms with Gasteiger partial charge in [-0.2, -0.15) is 30.7 Å². The minimum Gasteiger partial charge on any atom is -0.743 e. The number of carbonyl (C=O) groups is 2. The maximum Gasteiger partial charge on any atom is 0.466 e. The highest BCUT2D eigenvalue weighted by atomic mass is 32.2. The molecule has 0 bridgehead atoms. The van der Waals surface area contributed by atoms with Crippen molar-refractivity contribution < 1.29 is 62.8 Å². The van der Waals surface area contributed by atoms with Crippen LogP contribution < -0.4 is 5.32 Å². The number of halogens is 7. The van der Waals surface area contributed by atoms with E-state index in [9.17, 15) is 53.3 Å². The number of hydrogen-bond donors (Lipinski definition) is 1. The fourth-order valence-electron chi connectivity index (χ4n) is 1.47. The normalized spacial score (nSPS) is 15.2. The van der Waals surface area contributed by atoms with E-state index in [1.807, 2.05) is 0 Å². The van der Waals surface area contributed by atoms with Gasteiger partial charge in [-0.05, 0) is 13.1 Å². The van der Waals surface area contributed by atoms with Crippen LogP contribution >= 0.6 is 0 Å². The zero-order chi connectivity index (χ0) is 23.5. The molecule has 0 heterocycles. The third kappa shape index (κ3) is 5.66. The number of ether oxygens (including phenoxy) is 2. The lowest BCUT2D eigenvalue weighted by Crippen LogP contribution is -2.61. The van der Waals surface area contributed by atoms with Gasteiger partial charge >= 0.3 is 35.0 Å². The molecule has 0 aliphatic heterocycles. The number of esters is 1. The van der Waals surface area contributed by atoms with Crippen molar-refractivity contribution >= 4 is 22.0 Å². The van der Waals surface area contributed by atoms with E-state index >= 15 is 0 Å². The Kier molecular flexibility index (Phi) is 8.01. The largest absolute Gasteiger partial charge is 0.743 e. The fourth-order valence-corrected chi connectivity index (χ4v) is 1.93. The number of carbonyl (C=O) groups excluding carboxylic acids is 2. The molecule has 168 valence electrons. The minimum atomic E-state index is -6.91. The van der Waals surface area contributed by atoms with E-state index in [4.69, 9.17) is 0 Å². The number of amides is 1. The Morgan fingerprint density at radius 1 is 1.14 bits per heavy atom. The molecule has 8 nitrogen and oxygen atoms in total. The molecule has 0 radical (unpaired) electrons. The Bertz CT molecular complexity index is 779. The molecule has 1 atom stereocenters. The average Bonchev–Trinajstić information content (AvgIpc) is 2.51. The predicted octanol–water partition coefficient (Wildman–Crippen LogP) is 1.80. The highest BCUT2D eigenvalue weighted by molar-refractivity contribution is 7.86. The highest BCUT2D eigenvalue weighted by Crippen LogP contribution is 2.42. The first-order chi connectivity index (χ1) is 12.8. The van der Waals surface area contributed by atoms with Crippen molar-refractivity contribution in [2.75, 3.05) is 6.61 Å². The second-order valence-corrected chi connectivity index (χ2v) is 6.66. The Labute approximate surface area is 159 Å². The zero-order valence-electron chi connectivity index (χ0n) is 14.3. The standard InChI is InChI=1S/C13H14F7NO7S/c1-4-21-9(23)11(12(16,17)18,28-8(22)7(2)3)27-6-5-10(14,15)13(19,20)29(24,25)26/h4H,1-2,5-6H2,3H3,(H,21,23)(H,24,25,26)/p-1. The third-order valence-corrected chi connectivity index (χ3v) is 3.88. The second kappa shape index (κ2) is 8.66. The van der Waals surface area contributed by atoms with Gasteiger partial charge < -0.3 is 19.3 Å². The Morgan fingerprint density at radius 3 is 1.97 bits per heavy atom. The lowest BCUT2D eigenvalue weighted by molar-refractivity contribution is -0.349. The molecule has 0 aromatic rings. The molecule has 0 aliphatic carbocycles. The van der Waals surface area contributed by atoms with Gasteiger partial charge in [-0.15, -0.1) is 0 Å². The zero-order valence-corrected chi connectivity index (χ0v) is 15.1. The van der Waals surface area contributed by atoms with E-state index in [0.29, 0.717) is 6.20 Å².